The van der Waals surface area contributed by atoms with E-state index in [1.54, 1.807) is 6.20 Å². The Morgan fingerprint density at radius 2 is 1.82 bits per heavy atom. The first kappa shape index (κ1) is 16.3. The summed E-state index contributed by atoms with van der Waals surface area (Å²) < 4.78 is 1.85. The molecule has 0 aliphatic carbocycles. The summed E-state index contributed by atoms with van der Waals surface area (Å²) in [5, 5.41) is 3.78. The fourth-order valence-electron chi connectivity index (χ4n) is 2.48. The highest BCUT2D eigenvalue weighted by atomic mass is 16.2. The van der Waals surface area contributed by atoms with Crippen molar-refractivity contribution >= 4 is 22.6 Å². The summed E-state index contributed by atoms with van der Waals surface area (Å²) in [4.78, 5) is 24.7. The first-order valence-electron chi connectivity index (χ1n) is 7.62. The number of benzene rings is 1. The third-order valence-electron chi connectivity index (χ3n) is 3.48. The molecule has 1 aromatic heterocycles. The van der Waals surface area contributed by atoms with Crippen molar-refractivity contribution in [2.45, 2.75) is 47.2 Å². The number of nitrogens with one attached hydrogen (secondary N) is 1. The molecule has 0 aliphatic rings. The van der Waals surface area contributed by atoms with Gasteiger partial charge in [0.2, 0.25) is 5.91 Å². The zero-order valence-electron chi connectivity index (χ0n) is 13.9. The van der Waals surface area contributed by atoms with Gasteiger partial charge in [0.15, 0.2) is 5.78 Å². The summed E-state index contributed by atoms with van der Waals surface area (Å²) in [5.41, 5.74) is 1.14. The van der Waals surface area contributed by atoms with Gasteiger partial charge in [0.25, 0.3) is 0 Å². The van der Waals surface area contributed by atoms with E-state index in [9.17, 15) is 9.59 Å². The Balaban J connectivity index is 2.44. The molecule has 1 aromatic carbocycles. The summed E-state index contributed by atoms with van der Waals surface area (Å²) >= 11 is 0. The van der Waals surface area contributed by atoms with Gasteiger partial charge in [-0.25, -0.2) is 0 Å². The number of para-hydroxylation sites is 1. The smallest absolute Gasteiger partial charge is 0.240 e. The Bertz CT molecular complexity index is 705. The van der Waals surface area contributed by atoms with Crippen molar-refractivity contribution in [2.75, 3.05) is 0 Å². The maximum absolute atomic E-state index is 12.6. The van der Waals surface area contributed by atoms with Crippen molar-refractivity contribution in [3.8, 4) is 0 Å². The molecule has 1 N–H and O–H groups in total. The van der Waals surface area contributed by atoms with Crippen LogP contribution in [-0.4, -0.2) is 22.3 Å². The van der Waals surface area contributed by atoms with Crippen molar-refractivity contribution in [3.05, 3.63) is 36.0 Å². The Morgan fingerprint density at radius 1 is 1.18 bits per heavy atom. The minimum atomic E-state index is -0.449. The van der Waals surface area contributed by atoms with Crippen LogP contribution in [0.3, 0.4) is 0 Å². The Kier molecular flexibility index (Phi) is 4.40. The number of Topliss-reactive ketones (excluding diaryl/α,β-unsaturated/α-hetero) is 1. The molecular formula is C18H24N2O2. The molecule has 1 amide bonds. The maximum Gasteiger partial charge on any atom is 0.240 e. The normalized spacial score (nSPS) is 11.9. The van der Waals surface area contributed by atoms with Gasteiger partial charge in [-0.1, -0.05) is 39.0 Å². The van der Waals surface area contributed by atoms with E-state index in [-0.39, 0.29) is 24.3 Å². The zero-order valence-corrected chi connectivity index (χ0v) is 13.9. The summed E-state index contributed by atoms with van der Waals surface area (Å²) in [6.07, 6.45) is 1.80. The van der Waals surface area contributed by atoms with Crippen LogP contribution in [0.5, 0.6) is 0 Å². The molecule has 22 heavy (non-hydrogen) atoms. The molecule has 4 heteroatoms. The fraction of sp³-hybridized carbons (Fsp3) is 0.444. The van der Waals surface area contributed by atoms with Crippen molar-refractivity contribution in [1.82, 2.24) is 9.88 Å². The molecule has 0 saturated heterocycles. The van der Waals surface area contributed by atoms with Crippen molar-refractivity contribution in [3.63, 3.8) is 0 Å². The summed E-state index contributed by atoms with van der Waals surface area (Å²) in [6, 6.07) is 7.82. The van der Waals surface area contributed by atoms with Crippen molar-refractivity contribution in [2.24, 2.45) is 5.41 Å². The number of amides is 1. The second-order valence-electron chi connectivity index (χ2n) is 6.99. The topological polar surface area (TPSA) is 51.1 Å². The molecule has 2 aromatic rings. The molecule has 1 heterocycles. The predicted octanol–water partition coefficient (Wildman–Crippen LogP) is 3.39. The molecule has 0 spiro atoms. The lowest BCUT2D eigenvalue weighted by Crippen LogP contribution is -2.32. The van der Waals surface area contributed by atoms with Gasteiger partial charge in [0.05, 0.1) is 0 Å². The van der Waals surface area contributed by atoms with Crippen molar-refractivity contribution in [1.29, 1.82) is 0 Å². The SMILES string of the molecule is CC(C)NC(=O)Cn1cc(C(=O)C(C)(C)C)c2ccccc21. The van der Waals surface area contributed by atoms with Crippen LogP contribution < -0.4 is 5.32 Å². The van der Waals surface area contributed by atoms with Gasteiger partial charge in [-0.3, -0.25) is 9.59 Å². The van der Waals surface area contributed by atoms with Crippen LogP contribution in [-0.2, 0) is 11.3 Å². The van der Waals surface area contributed by atoms with Crippen LogP contribution in [0.25, 0.3) is 10.9 Å². The number of carbonyl (C=O) groups is 2. The van der Waals surface area contributed by atoms with Gasteiger partial charge in [-0.2, -0.15) is 0 Å². The molecule has 0 saturated carbocycles. The predicted molar refractivity (Wildman–Crippen MR) is 89.0 cm³/mol. The van der Waals surface area contributed by atoms with Crippen LogP contribution >= 0.6 is 0 Å². The molecular weight excluding hydrogens is 276 g/mol. The summed E-state index contributed by atoms with van der Waals surface area (Å²) in [6.45, 7) is 9.81. The van der Waals surface area contributed by atoms with E-state index < -0.39 is 5.41 Å². The van der Waals surface area contributed by atoms with E-state index in [1.165, 1.54) is 0 Å². The fourth-order valence-corrected chi connectivity index (χ4v) is 2.48. The van der Waals surface area contributed by atoms with Gasteiger partial charge >= 0.3 is 0 Å². The van der Waals surface area contributed by atoms with Crippen LogP contribution in [0.2, 0.25) is 0 Å². The van der Waals surface area contributed by atoms with Crippen LogP contribution in [0, 0.1) is 5.41 Å². The molecule has 0 fully saturated rings. The average Bonchev–Trinajstić information content (AvgIpc) is 2.75. The second-order valence-corrected chi connectivity index (χ2v) is 6.99. The van der Waals surface area contributed by atoms with E-state index in [1.807, 2.05) is 63.5 Å². The van der Waals surface area contributed by atoms with Gasteiger partial charge < -0.3 is 9.88 Å². The maximum atomic E-state index is 12.6. The molecule has 0 aliphatic heterocycles. The number of aromatic nitrogens is 1. The monoisotopic (exact) mass is 300 g/mol. The third-order valence-corrected chi connectivity index (χ3v) is 3.48. The molecule has 0 unspecified atom stereocenters. The van der Waals surface area contributed by atoms with E-state index >= 15 is 0 Å². The number of hydrogen-bond donors (Lipinski definition) is 1. The highest BCUT2D eigenvalue weighted by molar-refractivity contribution is 6.10. The first-order valence-corrected chi connectivity index (χ1v) is 7.62. The highest BCUT2D eigenvalue weighted by Crippen LogP contribution is 2.28. The van der Waals surface area contributed by atoms with Gasteiger partial charge in [-0.15, -0.1) is 0 Å². The van der Waals surface area contributed by atoms with E-state index in [0.717, 1.165) is 10.9 Å². The van der Waals surface area contributed by atoms with E-state index in [2.05, 4.69) is 5.32 Å². The van der Waals surface area contributed by atoms with Gasteiger partial charge in [0, 0.05) is 34.1 Å². The molecule has 2 rings (SSSR count). The molecule has 0 atom stereocenters. The Morgan fingerprint density at radius 3 is 2.41 bits per heavy atom. The number of nitrogens with zero attached hydrogens (tertiary/aromatic N) is 1. The third kappa shape index (κ3) is 3.38. The number of carbonyl (C=O) groups excluding carboxylic acids is 2. The van der Waals surface area contributed by atoms with Crippen LogP contribution in [0.15, 0.2) is 30.5 Å². The number of hydrogen-bond acceptors (Lipinski definition) is 2. The molecule has 118 valence electrons. The Labute approximate surface area is 131 Å². The van der Waals surface area contributed by atoms with Gasteiger partial charge in [0.1, 0.15) is 6.54 Å². The molecule has 0 radical (unpaired) electrons. The quantitative estimate of drug-likeness (QED) is 0.880. The van der Waals surface area contributed by atoms with Crippen molar-refractivity contribution < 1.29 is 9.59 Å². The van der Waals surface area contributed by atoms with E-state index in [0.29, 0.717) is 5.56 Å². The first-order chi connectivity index (χ1) is 10.2. The number of fused-ring (bicyclic) bond motifs is 1. The summed E-state index contributed by atoms with van der Waals surface area (Å²) in [7, 11) is 0. The lowest BCUT2D eigenvalue weighted by atomic mass is 9.86. The minimum Gasteiger partial charge on any atom is -0.352 e. The van der Waals surface area contributed by atoms with Crippen LogP contribution in [0.4, 0.5) is 0 Å². The highest BCUT2D eigenvalue weighted by Gasteiger charge is 2.26. The largest absolute Gasteiger partial charge is 0.352 e. The van der Waals surface area contributed by atoms with Crippen LogP contribution in [0.1, 0.15) is 45.0 Å². The lowest BCUT2D eigenvalue weighted by Gasteiger charge is -2.15. The number of ketones is 1. The standard InChI is InChI=1S/C18H24N2O2/c1-12(2)19-16(21)11-20-10-14(17(22)18(3,4)5)13-8-6-7-9-15(13)20/h6-10,12H,11H2,1-5H3,(H,19,21). The average molecular weight is 300 g/mol. The Hall–Kier alpha value is -2.10. The number of rotatable bonds is 4. The second kappa shape index (κ2) is 5.95. The van der Waals surface area contributed by atoms with Gasteiger partial charge in [-0.05, 0) is 19.9 Å². The zero-order chi connectivity index (χ0) is 16.5. The lowest BCUT2D eigenvalue weighted by molar-refractivity contribution is -0.122. The van der Waals surface area contributed by atoms with E-state index in [4.69, 9.17) is 0 Å². The molecule has 4 nitrogen and oxygen atoms in total. The summed E-state index contributed by atoms with van der Waals surface area (Å²) in [5.74, 6) is 0.0391. The molecule has 0 bridgehead atoms. The minimum absolute atomic E-state index is 0.0505.